The Morgan fingerprint density at radius 2 is 2.06 bits per heavy atom. The molecule has 0 spiro atoms. The predicted molar refractivity (Wildman–Crippen MR) is 71.4 cm³/mol. The van der Waals surface area contributed by atoms with Gasteiger partial charge < -0.3 is 9.47 Å². The van der Waals surface area contributed by atoms with Crippen LogP contribution < -0.4 is 4.74 Å². The number of rotatable bonds is 4. The van der Waals surface area contributed by atoms with Crippen LogP contribution in [0.1, 0.15) is 15.2 Å². The summed E-state index contributed by atoms with van der Waals surface area (Å²) in [6.45, 7) is 0.439. The molecule has 0 saturated heterocycles. The van der Waals surface area contributed by atoms with E-state index in [0.717, 1.165) is 5.56 Å². The third-order valence-electron chi connectivity index (χ3n) is 2.28. The van der Waals surface area contributed by atoms with Crippen molar-refractivity contribution in [1.82, 2.24) is 0 Å². The second kappa shape index (κ2) is 5.89. The summed E-state index contributed by atoms with van der Waals surface area (Å²) in [7, 11) is 1.36. The number of carbonyl (C=O) groups excluding carboxylic acids is 1. The number of esters is 1. The Balaban J connectivity index is 1.96. The first-order valence-electron chi connectivity index (χ1n) is 5.23. The van der Waals surface area contributed by atoms with Crippen LogP contribution in [0.3, 0.4) is 0 Å². The Hall–Kier alpha value is -1.52. The van der Waals surface area contributed by atoms with Crippen molar-refractivity contribution in [2.45, 2.75) is 6.61 Å². The van der Waals surface area contributed by atoms with Crippen molar-refractivity contribution < 1.29 is 14.3 Å². The molecule has 1 aromatic carbocycles. The fraction of sp³-hybridized carbons (Fsp3) is 0.154. The van der Waals surface area contributed by atoms with E-state index in [2.05, 4.69) is 4.74 Å². The quantitative estimate of drug-likeness (QED) is 0.801. The van der Waals surface area contributed by atoms with Gasteiger partial charge in [-0.15, -0.1) is 11.3 Å². The maximum atomic E-state index is 11.3. The molecule has 0 N–H and O–H groups in total. The van der Waals surface area contributed by atoms with Crippen molar-refractivity contribution in [1.29, 1.82) is 0 Å². The molecule has 0 bridgehead atoms. The zero-order valence-electron chi connectivity index (χ0n) is 9.68. The maximum Gasteiger partial charge on any atom is 0.348 e. The highest BCUT2D eigenvalue weighted by molar-refractivity contribution is 7.12. The molecule has 0 atom stereocenters. The average molecular weight is 283 g/mol. The number of hydrogen-bond acceptors (Lipinski definition) is 4. The minimum atomic E-state index is -0.346. The normalized spacial score (nSPS) is 10.1. The van der Waals surface area contributed by atoms with Crippen molar-refractivity contribution in [2.24, 2.45) is 0 Å². The second-order valence-electron chi connectivity index (χ2n) is 3.55. The molecule has 0 amide bonds. The molecular formula is C13H11ClO3S. The third kappa shape index (κ3) is 3.24. The lowest BCUT2D eigenvalue weighted by atomic mass is 10.2. The minimum absolute atomic E-state index is 0.346. The molecule has 0 radical (unpaired) electrons. The van der Waals surface area contributed by atoms with E-state index in [9.17, 15) is 4.79 Å². The highest BCUT2D eigenvalue weighted by Gasteiger charge is 2.09. The van der Waals surface area contributed by atoms with E-state index in [1.165, 1.54) is 18.4 Å². The molecule has 0 unspecified atom stereocenters. The van der Waals surface area contributed by atoms with E-state index >= 15 is 0 Å². The van der Waals surface area contributed by atoms with Crippen LogP contribution in [0.25, 0.3) is 0 Å². The summed E-state index contributed by atoms with van der Waals surface area (Å²) in [5, 5.41) is 2.48. The maximum absolute atomic E-state index is 11.3. The molecule has 2 aromatic rings. The van der Waals surface area contributed by atoms with E-state index in [1.807, 2.05) is 24.3 Å². The summed E-state index contributed by atoms with van der Waals surface area (Å²) in [6, 6.07) is 9.10. The molecule has 2 rings (SSSR count). The number of halogens is 1. The van der Waals surface area contributed by atoms with Crippen LogP contribution in [0.15, 0.2) is 35.7 Å². The van der Waals surface area contributed by atoms with Crippen molar-refractivity contribution >= 4 is 28.9 Å². The number of ether oxygens (including phenoxy) is 2. The van der Waals surface area contributed by atoms with Gasteiger partial charge in [0.25, 0.3) is 0 Å². The Morgan fingerprint density at radius 3 is 2.72 bits per heavy atom. The standard InChI is InChI=1S/C13H11ClO3S/c1-16-13(15)12-6-11(8-18-12)17-7-9-2-4-10(14)5-3-9/h2-6,8H,7H2,1H3. The first-order chi connectivity index (χ1) is 8.69. The lowest BCUT2D eigenvalue weighted by molar-refractivity contribution is 0.0606. The molecule has 1 heterocycles. The molecule has 0 fully saturated rings. The lowest BCUT2D eigenvalue weighted by Crippen LogP contribution is -1.97. The fourth-order valence-electron chi connectivity index (χ4n) is 1.35. The first-order valence-corrected chi connectivity index (χ1v) is 6.49. The predicted octanol–water partition coefficient (Wildman–Crippen LogP) is 3.77. The monoisotopic (exact) mass is 282 g/mol. The van der Waals surface area contributed by atoms with Crippen LogP contribution in [0.4, 0.5) is 0 Å². The molecule has 0 aliphatic rings. The fourth-order valence-corrected chi connectivity index (χ4v) is 2.22. The lowest BCUT2D eigenvalue weighted by Gasteiger charge is -2.03. The zero-order valence-corrected chi connectivity index (χ0v) is 11.3. The van der Waals surface area contributed by atoms with Gasteiger partial charge in [-0.05, 0) is 17.7 Å². The molecular weight excluding hydrogens is 272 g/mol. The molecule has 94 valence electrons. The Morgan fingerprint density at radius 1 is 1.33 bits per heavy atom. The van der Waals surface area contributed by atoms with E-state index in [-0.39, 0.29) is 5.97 Å². The summed E-state index contributed by atoms with van der Waals surface area (Å²) >= 11 is 7.09. The number of carbonyl (C=O) groups is 1. The number of methoxy groups -OCH3 is 1. The van der Waals surface area contributed by atoms with Crippen LogP contribution in [0.5, 0.6) is 5.75 Å². The molecule has 0 saturated carbocycles. The highest BCUT2D eigenvalue weighted by Crippen LogP contribution is 2.23. The largest absolute Gasteiger partial charge is 0.488 e. The summed E-state index contributed by atoms with van der Waals surface area (Å²) in [5.74, 6) is 0.316. The average Bonchev–Trinajstić information content (AvgIpc) is 2.86. The van der Waals surface area contributed by atoms with Crippen LogP contribution in [0, 0.1) is 0 Å². The first kappa shape index (κ1) is 12.9. The summed E-state index contributed by atoms with van der Waals surface area (Å²) < 4.78 is 10.2. The van der Waals surface area contributed by atoms with Crippen molar-refractivity contribution in [3.8, 4) is 5.75 Å². The minimum Gasteiger partial charge on any atom is -0.488 e. The van der Waals surface area contributed by atoms with Gasteiger partial charge >= 0.3 is 5.97 Å². The Bertz CT molecular complexity index is 533. The molecule has 0 aliphatic carbocycles. The van der Waals surface area contributed by atoms with Crippen LogP contribution in [0.2, 0.25) is 5.02 Å². The number of hydrogen-bond donors (Lipinski definition) is 0. The second-order valence-corrected chi connectivity index (χ2v) is 4.90. The van der Waals surface area contributed by atoms with E-state index in [4.69, 9.17) is 16.3 Å². The van der Waals surface area contributed by atoms with Gasteiger partial charge in [0.15, 0.2) is 0 Å². The van der Waals surface area contributed by atoms with Gasteiger partial charge in [0.1, 0.15) is 17.2 Å². The van der Waals surface area contributed by atoms with Gasteiger partial charge in [-0.1, -0.05) is 23.7 Å². The SMILES string of the molecule is COC(=O)c1cc(OCc2ccc(Cl)cc2)cs1. The zero-order chi connectivity index (χ0) is 13.0. The number of benzene rings is 1. The smallest absolute Gasteiger partial charge is 0.348 e. The van der Waals surface area contributed by atoms with Crippen molar-refractivity contribution in [2.75, 3.05) is 7.11 Å². The summed E-state index contributed by atoms with van der Waals surface area (Å²) in [4.78, 5) is 11.8. The van der Waals surface area contributed by atoms with Gasteiger partial charge in [-0.2, -0.15) is 0 Å². The van der Waals surface area contributed by atoms with Gasteiger partial charge in [0.2, 0.25) is 0 Å². The molecule has 1 aromatic heterocycles. The van der Waals surface area contributed by atoms with Gasteiger partial charge in [0, 0.05) is 16.5 Å². The van der Waals surface area contributed by atoms with Crippen molar-refractivity contribution in [3.05, 3.63) is 51.2 Å². The Kier molecular flexibility index (Phi) is 4.23. The van der Waals surface area contributed by atoms with E-state index in [0.29, 0.717) is 22.3 Å². The Labute approximate surface area is 114 Å². The van der Waals surface area contributed by atoms with Crippen LogP contribution in [-0.2, 0) is 11.3 Å². The molecule has 3 nitrogen and oxygen atoms in total. The summed E-state index contributed by atoms with van der Waals surface area (Å²) in [5.41, 5.74) is 1.02. The molecule has 5 heteroatoms. The van der Waals surface area contributed by atoms with Gasteiger partial charge in [-0.25, -0.2) is 4.79 Å². The van der Waals surface area contributed by atoms with E-state index in [1.54, 1.807) is 11.4 Å². The van der Waals surface area contributed by atoms with Crippen LogP contribution in [-0.4, -0.2) is 13.1 Å². The van der Waals surface area contributed by atoms with Gasteiger partial charge in [0.05, 0.1) is 7.11 Å². The number of thiophene rings is 1. The van der Waals surface area contributed by atoms with Gasteiger partial charge in [-0.3, -0.25) is 0 Å². The summed E-state index contributed by atoms with van der Waals surface area (Å²) in [6.07, 6.45) is 0. The molecule has 0 aliphatic heterocycles. The van der Waals surface area contributed by atoms with Crippen molar-refractivity contribution in [3.63, 3.8) is 0 Å². The highest BCUT2D eigenvalue weighted by atomic mass is 35.5. The topological polar surface area (TPSA) is 35.5 Å². The third-order valence-corrected chi connectivity index (χ3v) is 3.42. The van der Waals surface area contributed by atoms with Crippen LogP contribution >= 0.6 is 22.9 Å². The van der Waals surface area contributed by atoms with E-state index < -0.39 is 0 Å². The molecule has 18 heavy (non-hydrogen) atoms.